The van der Waals surface area contributed by atoms with Gasteiger partial charge in [0.25, 0.3) is 0 Å². The fourth-order valence-corrected chi connectivity index (χ4v) is 3.77. The highest BCUT2D eigenvalue weighted by Gasteiger charge is 2.32. The lowest BCUT2D eigenvalue weighted by atomic mass is 9.89. The molecule has 0 aromatic carbocycles. The van der Waals surface area contributed by atoms with Crippen molar-refractivity contribution in [1.29, 1.82) is 0 Å². The van der Waals surface area contributed by atoms with Gasteiger partial charge in [0, 0.05) is 18.6 Å². The summed E-state index contributed by atoms with van der Waals surface area (Å²) in [5, 5.41) is 0. The predicted molar refractivity (Wildman–Crippen MR) is 77.7 cm³/mol. The van der Waals surface area contributed by atoms with E-state index in [1.54, 1.807) is 0 Å². The smallest absolute Gasteiger partial charge is 0.0223 e. The molecule has 2 aliphatic heterocycles. The van der Waals surface area contributed by atoms with E-state index in [9.17, 15) is 0 Å². The third-order valence-corrected chi connectivity index (χ3v) is 4.86. The summed E-state index contributed by atoms with van der Waals surface area (Å²) in [6, 6.07) is 1.45. The van der Waals surface area contributed by atoms with Crippen molar-refractivity contribution in [3.05, 3.63) is 0 Å². The fourth-order valence-electron chi connectivity index (χ4n) is 3.77. The first kappa shape index (κ1) is 14.3. The maximum absolute atomic E-state index is 5.99. The summed E-state index contributed by atoms with van der Waals surface area (Å²) in [6.07, 6.45) is 6.67. The van der Waals surface area contributed by atoms with Gasteiger partial charge in [-0.15, -0.1) is 0 Å². The first-order valence-corrected chi connectivity index (χ1v) is 7.92. The number of nitrogens with two attached hydrogens (primary N) is 1. The molecule has 0 amide bonds. The predicted octanol–water partition coefficient (Wildman–Crippen LogP) is 1.92. The number of hydrogen-bond acceptors (Lipinski definition) is 3. The molecule has 2 heterocycles. The van der Waals surface area contributed by atoms with Crippen molar-refractivity contribution in [3.63, 3.8) is 0 Å². The molecule has 3 heteroatoms. The second-order valence-electron chi connectivity index (χ2n) is 6.33. The summed E-state index contributed by atoms with van der Waals surface area (Å²) in [5.41, 5.74) is 5.99. The van der Waals surface area contributed by atoms with Crippen LogP contribution in [-0.4, -0.2) is 54.6 Å². The maximum Gasteiger partial charge on any atom is 0.0223 e. The van der Waals surface area contributed by atoms with E-state index in [-0.39, 0.29) is 0 Å². The molecule has 18 heavy (non-hydrogen) atoms. The summed E-state index contributed by atoms with van der Waals surface area (Å²) in [7, 11) is 0. The van der Waals surface area contributed by atoms with Crippen LogP contribution >= 0.6 is 0 Å². The zero-order valence-corrected chi connectivity index (χ0v) is 12.3. The molecule has 0 radical (unpaired) electrons. The Balaban J connectivity index is 1.84. The standard InChI is InChI=1S/C15H31N3/c1-3-7-17-8-5-14(6-9-17)18-10-4-13(2)11-15(18)12-16/h13-15H,3-12,16H2,1-2H3. The lowest BCUT2D eigenvalue weighted by Gasteiger charge is -2.45. The SMILES string of the molecule is CCCN1CCC(N2CCC(C)CC2CN)CC1. The van der Waals surface area contributed by atoms with Gasteiger partial charge in [-0.3, -0.25) is 4.90 Å². The highest BCUT2D eigenvalue weighted by molar-refractivity contribution is 4.88. The molecular weight excluding hydrogens is 222 g/mol. The van der Waals surface area contributed by atoms with Crippen LogP contribution in [0.4, 0.5) is 0 Å². The summed E-state index contributed by atoms with van der Waals surface area (Å²) in [5.74, 6) is 0.870. The molecule has 2 fully saturated rings. The average molecular weight is 253 g/mol. The van der Waals surface area contributed by atoms with E-state index in [2.05, 4.69) is 23.6 Å². The van der Waals surface area contributed by atoms with E-state index in [4.69, 9.17) is 5.73 Å². The van der Waals surface area contributed by atoms with E-state index in [0.29, 0.717) is 6.04 Å². The first-order valence-electron chi connectivity index (χ1n) is 7.92. The van der Waals surface area contributed by atoms with Gasteiger partial charge in [-0.1, -0.05) is 13.8 Å². The zero-order valence-electron chi connectivity index (χ0n) is 12.3. The van der Waals surface area contributed by atoms with Gasteiger partial charge in [0.2, 0.25) is 0 Å². The van der Waals surface area contributed by atoms with Crippen LogP contribution in [0.15, 0.2) is 0 Å². The van der Waals surface area contributed by atoms with Gasteiger partial charge < -0.3 is 10.6 Å². The lowest BCUT2D eigenvalue weighted by Crippen LogP contribution is -2.54. The zero-order chi connectivity index (χ0) is 13.0. The monoisotopic (exact) mass is 253 g/mol. The van der Waals surface area contributed by atoms with Crippen LogP contribution in [0.5, 0.6) is 0 Å². The molecule has 2 aliphatic rings. The molecule has 2 unspecified atom stereocenters. The minimum Gasteiger partial charge on any atom is -0.329 e. The van der Waals surface area contributed by atoms with Crippen LogP contribution < -0.4 is 5.73 Å². The first-order chi connectivity index (χ1) is 8.74. The Labute approximate surface area is 113 Å². The molecule has 0 aromatic heterocycles. The highest BCUT2D eigenvalue weighted by atomic mass is 15.2. The molecular formula is C15H31N3. The van der Waals surface area contributed by atoms with Crippen molar-refractivity contribution in [2.45, 2.75) is 58.0 Å². The average Bonchev–Trinajstić information content (AvgIpc) is 2.40. The van der Waals surface area contributed by atoms with Crippen molar-refractivity contribution < 1.29 is 0 Å². The Hall–Kier alpha value is -0.120. The second kappa shape index (κ2) is 6.88. The highest BCUT2D eigenvalue weighted by Crippen LogP contribution is 2.27. The van der Waals surface area contributed by atoms with Crippen LogP contribution in [0.3, 0.4) is 0 Å². The van der Waals surface area contributed by atoms with Crippen molar-refractivity contribution in [3.8, 4) is 0 Å². The van der Waals surface area contributed by atoms with Crippen LogP contribution in [0, 0.1) is 5.92 Å². The number of likely N-dealkylation sites (tertiary alicyclic amines) is 2. The third-order valence-electron chi connectivity index (χ3n) is 4.86. The summed E-state index contributed by atoms with van der Waals surface area (Å²) < 4.78 is 0. The van der Waals surface area contributed by atoms with Gasteiger partial charge in [0.1, 0.15) is 0 Å². The van der Waals surface area contributed by atoms with Crippen LogP contribution in [0.25, 0.3) is 0 Å². The Kier molecular flexibility index (Phi) is 5.46. The van der Waals surface area contributed by atoms with E-state index in [1.165, 1.54) is 58.3 Å². The molecule has 0 spiro atoms. The van der Waals surface area contributed by atoms with Crippen LogP contribution in [0.1, 0.15) is 46.0 Å². The lowest BCUT2D eigenvalue weighted by molar-refractivity contribution is 0.0392. The van der Waals surface area contributed by atoms with E-state index >= 15 is 0 Å². The normalized spacial score (nSPS) is 32.8. The minimum absolute atomic E-state index is 0.650. The molecule has 0 aromatic rings. The molecule has 2 rings (SSSR count). The molecule has 0 bridgehead atoms. The van der Waals surface area contributed by atoms with E-state index in [1.807, 2.05) is 0 Å². The minimum atomic E-state index is 0.650. The summed E-state index contributed by atoms with van der Waals surface area (Å²) in [6.45, 7) is 10.7. The molecule has 2 N–H and O–H groups in total. The molecule has 2 saturated heterocycles. The molecule has 106 valence electrons. The van der Waals surface area contributed by atoms with Gasteiger partial charge in [0.05, 0.1) is 0 Å². The Bertz CT molecular complexity index is 236. The molecule has 0 saturated carbocycles. The van der Waals surface area contributed by atoms with Gasteiger partial charge in [-0.2, -0.15) is 0 Å². The maximum atomic E-state index is 5.99. The molecule has 2 atom stereocenters. The van der Waals surface area contributed by atoms with Crippen molar-refractivity contribution >= 4 is 0 Å². The Morgan fingerprint density at radius 2 is 1.83 bits per heavy atom. The van der Waals surface area contributed by atoms with Crippen molar-refractivity contribution in [2.24, 2.45) is 11.7 Å². The number of piperidine rings is 2. The topological polar surface area (TPSA) is 32.5 Å². The number of hydrogen-bond donors (Lipinski definition) is 1. The second-order valence-corrected chi connectivity index (χ2v) is 6.33. The Morgan fingerprint density at radius 3 is 2.44 bits per heavy atom. The van der Waals surface area contributed by atoms with Crippen molar-refractivity contribution in [2.75, 3.05) is 32.7 Å². The number of nitrogens with zero attached hydrogens (tertiary/aromatic N) is 2. The largest absolute Gasteiger partial charge is 0.329 e. The Morgan fingerprint density at radius 1 is 1.11 bits per heavy atom. The van der Waals surface area contributed by atoms with E-state index in [0.717, 1.165) is 18.5 Å². The number of rotatable bonds is 4. The summed E-state index contributed by atoms with van der Waals surface area (Å²) >= 11 is 0. The van der Waals surface area contributed by atoms with Gasteiger partial charge in [-0.05, 0) is 64.2 Å². The molecule has 0 aliphatic carbocycles. The van der Waals surface area contributed by atoms with Gasteiger partial charge in [-0.25, -0.2) is 0 Å². The third kappa shape index (κ3) is 3.46. The fraction of sp³-hybridized carbons (Fsp3) is 1.00. The van der Waals surface area contributed by atoms with E-state index < -0.39 is 0 Å². The van der Waals surface area contributed by atoms with Crippen molar-refractivity contribution in [1.82, 2.24) is 9.80 Å². The van der Waals surface area contributed by atoms with Gasteiger partial charge >= 0.3 is 0 Å². The quantitative estimate of drug-likeness (QED) is 0.831. The van der Waals surface area contributed by atoms with Crippen LogP contribution in [-0.2, 0) is 0 Å². The summed E-state index contributed by atoms with van der Waals surface area (Å²) in [4.78, 5) is 5.36. The van der Waals surface area contributed by atoms with Crippen LogP contribution in [0.2, 0.25) is 0 Å². The molecule has 3 nitrogen and oxygen atoms in total. The van der Waals surface area contributed by atoms with Gasteiger partial charge in [0.15, 0.2) is 0 Å².